The molecule has 0 saturated carbocycles. The van der Waals surface area contributed by atoms with Crippen molar-refractivity contribution in [3.63, 3.8) is 0 Å². The molecule has 2 aromatic rings. The Balaban J connectivity index is 1.67. The highest BCUT2D eigenvalue weighted by atomic mass is 32.2. The first-order valence-corrected chi connectivity index (χ1v) is 8.51. The van der Waals surface area contributed by atoms with Gasteiger partial charge in [-0.05, 0) is 54.8 Å². The van der Waals surface area contributed by atoms with Crippen LogP contribution < -0.4 is 15.5 Å². The topological polar surface area (TPSA) is 61.4 Å². The molecule has 23 heavy (non-hydrogen) atoms. The van der Waals surface area contributed by atoms with Crippen LogP contribution >= 0.6 is 11.8 Å². The number of hydrogen-bond acceptors (Lipinski definition) is 3. The Morgan fingerprint density at radius 2 is 1.83 bits per heavy atom. The maximum atomic E-state index is 12.2. The van der Waals surface area contributed by atoms with Crippen LogP contribution in [0.25, 0.3) is 0 Å². The van der Waals surface area contributed by atoms with Gasteiger partial charge in [-0.3, -0.25) is 9.69 Å². The molecule has 0 aliphatic carbocycles. The zero-order valence-corrected chi connectivity index (χ0v) is 13.5. The van der Waals surface area contributed by atoms with E-state index >= 15 is 0 Å². The third-order valence-electron chi connectivity index (χ3n) is 3.65. The van der Waals surface area contributed by atoms with Crippen LogP contribution in [0.15, 0.2) is 53.4 Å². The molecular formula is C17H17N3O2S. The van der Waals surface area contributed by atoms with Crippen LogP contribution in [0.2, 0.25) is 0 Å². The van der Waals surface area contributed by atoms with Crippen LogP contribution in [0.1, 0.15) is 10.4 Å². The van der Waals surface area contributed by atoms with Crippen molar-refractivity contribution in [1.29, 1.82) is 0 Å². The summed E-state index contributed by atoms with van der Waals surface area (Å²) in [6.07, 6.45) is 2.00. The van der Waals surface area contributed by atoms with E-state index in [9.17, 15) is 9.59 Å². The Labute approximate surface area is 139 Å². The molecule has 0 spiro atoms. The van der Waals surface area contributed by atoms with Crippen molar-refractivity contribution >= 4 is 35.1 Å². The van der Waals surface area contributed by atoms with Gasteiger partial charge in [0.15, 0.2) is 0 Å². The van der Waals surface area contributed by atoms with E-state index in [4.69, 9.17) is 0 Å². The zero-order valence-electron chi connectivity index (χ0n) is 12.7. The molecule has 5 nitrogen and oxygen atoms in total. The lowest BCUT2D eigenvalue weighted by molar-refractivity contribution is 0.102. The van der Waals surface area contributed by atoms with E-state index in [0.29, 0.717) is 24.3 Å². The van der Waals surface area contributed by atoms with Crippen molar-refractivity contribution in [3.05, 3.63) is 54.1 Å². The summed E-state index contributed by atoms with van der Waals surface area (Å²) >= 11 is 1.64. The van der Waals surface area contributed by atoms with Gasteiger partial charge in [0.05, 0.1) is 0 Å². The number of hydrogen-bond donors (Lipinski definition) is 2. The summed E-state index contributed by atoms with van der Waals surface area (Å²) in [5.74, 6) is -0.149. The number of urea groups is 1. The number of rotatable bonds is 4. The molecule has 0 aromatic heterocycles. The predicted octanol–water partition coefficient (Wildman–Crippen LogP) is 3.19. The fourth-order valence-corrected chi connectivity index (χ4v) is 2.80. The van der Waals surface area contributed by atoms with Crippen LogP contribution in [0.4, 0.5) is 16.2 Å². The number of anilines is 2. The predicted molar refractivity (Wildman–Crippen MR) is 93.4 cm³/mol. The second-order valence-corrected chi connectivity index (χ2v) is 5.99. The van der Waals surface area contributed by atoms with Crippen molar-refractivity contribution in [2.45, 2.75) is 4.90 Å². The summed E-state index contributed by atoms with van der Waals surface area (Å²) in [5.41, 5.74) is 2.14. The highest BCUT2D eigenvalue weighted by molar-refractivity contribution is 7.98. The van der Waals surface area contributed by atoms with Crippen molar-refractivity contribution in [2.24, 2.45) is 0 Å². The number of carbonyl (C=O) groups is 2. The Morgan fingerprint density at radius 1 is 1.13 bits per heavy atom. The maximum absolute atomic E-state index is 12.2. The second-order valence-electron chi connectivity index (χ2n) is 5.11. The minimum Gasteiger partial charge on any atom is -0.336 e. The monoisotopic (exact) mass is 327 g/mol. The lowest BCUT2D eigenvalue weighted by Gasteiger charge is -2.14. The molecule has 2 N–H and O–H groups in total. The van der Waals surface area contributed by atoms with Crippen LogP contribution in [-0.4, -0.2) is 31.3 Å². The fourth-order valence-electron chi connectivity index (χ4n) is 2.39. The minimum atomic E-state index is -0.149. The van der Waals surface area contributed by atoms with Gasteiger partial charge in [-0.1, -0.05) is 0 Å². The van der Waals surface area contributed by atoms with Crippen molar-refractivity contribution < 1.29 is 9.59 Å². The Kier molecular flexibility index (Phi) is 4.52. The molecule has 3 rings (SSSR count). The lowest BCUT2D eigenvalue weighted by atomic mass is 10.2. The quantitative estimate of drug-likeness (QED) is 0.848. The molecule has 0 unspecified atom stereocenters. The molecule has 0 radical (unpaired) electrons. The summed E-state index contributed by atoms with van der Waals surface area (Å²) in [6, 6.07) is 14.6. The fraction of sp³-hybridized carbons (Fsp3) is 0.176. The normalized spacial score (nSPS) is 13.8. The van der Waals surface area contributed by atoms with E-state index in [1.807, 2.05) is 42.7 Å². The molecule has 1 saturated heterocycles. The second kappa shape index (κ2) is 6.75. The standard InChI is InChI=1S/C17H17N3O2S/c1-23-15-8-2-12(3-9-15)16(21)19-13-4-6-14(7-5-13)20-11-10-18-17(20)22/h2-9H,10-11H2,1H3,(H,18,22)(H,19,21). The van der Waals surface area contributed by atoms with Gasteiger partial charge in [0.25, 0.3) is 5.91 Å². The van der Waals surface area contributed by atoms with E-state index in [-0.39, 0.29) is 11.9 Å². The molecule has 118 valence electrons. The minimum absolute atomic E-state index is 0.0873. The van der Waals surface area contributed by atoms with Gasteiger partial charge in [-0.25, -0.2) is 4.79 Å². The summed E-state index contributed by atoms with van der Waals surface area (Å²) in [5, 5.41) is 5.62. The maximum Gasteiger partial charge on any atom is 0.321 e. The first-order chi connectivity index (χ1) is 11.2. The van der Waals surface area contributed by atoms with Gasteiger partial charge in [0.1, 0.15) is 0 Å². The Hall–Kier alpha value is -2.47. The number of amides is 3. The van der Waals surface area contributed by atoms with E-state index in [1.165, 1.54) is 0 Å². The van der Waals surface area contributed by atoms with Crippen molar-refractivity contribution in [2.75, 3.05) is 29.6 Å². The van der Waals surface area contributed by atoms with Gasteiger partial charge >= 0.3 is 6.03 Å². The molecule has 1 aliphatic heterocycles. The Bertz CT molecular complexity index is 714. The van der Waals surface area contributed by atoms with Crippen molar-refractivity contribution in [3.8, 4) is 0 Å². The molecule has 1 heterocycles. The van der Waals surface area contributed by atoms with Crippen LogP contribution in [-0.2, 0) is 0 Å². The lowest BCUT2D eigenvalue weighted by Crippen LogP contribution is -2.27. The van der Waals surface area contributed by atoms with Crippen LogP contribution in [0.3, 0.4) is 0 Å². The van der Waals surface area contributed by atoms with Gasteiger partial charge in [0, 0.05) is 34.9 Å². The van der Waals surface area contributed by atoms with E-state index in [1.54, 1.807) is 28.8 Å². The molecule has 1 fully saturated rings. The number of benzene rings is 2. The average molecular weight is 327 g/mol. The third kappa shape index (κ3) is 3.48. The number of nitrogens with one attached hydrogen (secondary N) is 2. The number of thioether (sulfide) groups is 1. The first-order valence-electron chi connectivity index (χ1n) is 7.28. The molecule has 6 heteroatoms. The van der Waals surface area contributed by atoms with E-state index in [2.05, 4.69) is 10.6 Å². The molecule has 3 amide bonds. The Morgan fingerprint density at radius 3 is 2.39 bits per heavy atom. The van der Waals surface area contributed by atoms with Crippen molar-refractivity contribution in [1.82, 2.24) is 5.32 Å². The summed E-state index contributed by atoms with van der Waals surface area (Å²) in [4.78, 5) is 26.6. The van der Waals surface area contributed by atoms with Gasteiger partial charge in [-0.15, -0.1) is 11.8 Å². The van der Waals surface area contributed by atoms with Crippen LogP contribution in [0, 0.1) is 0 Å². The van der Waals surface area contributed by atoms with Gasteiger partial charge < -0.3 is 10.6 Å². The van der Waals surface area contributed by atoms with Gasteiger partial charge in [-0.2, -0.15) is 0 Å². The van der Waals surface area contributed by atoms with E-state index < -0.39 is 0 Å². The summed E-state index contributed by atoms with van der Waals surface area (Å²) in [7, 11) is 0. The third-order valence-corrected chi connectivity index (χ3v) is 4.39. The first kappa shape index (κ1) is 15.4. The molecule has 2 aromatic carbocycles. The average Bonchev–Trinajstić information content (AvgIpc) is 3.01. The van der Waals surface area contributed by atoms with Gasteiger partial charge in [0.2, 0.25) is 0 Å². The molecule has 0 atom stereocenters. The number of carbonyl (C=O) groups excluding carboxylic acids is 2. The summed E-state index contributed by atoms with van der Waals surface area (Å²) < 4.78 is 0. The molecule has 0 bridgehead atoms. The molecular weight excluding hydrogens is 310 g/mol. The SMILES string of the molecule is CSc1ccc(C(=O)Nc2ccc(N3CCNC3=O)cc2)cc1. The van der Waals surface area contributed by atoms with E-state index in [0.717, 1.165) is 10.6 Å². The summed E-state index contributed by atoms with van der Waals surface area (Å²) in [6.45, 7) is 1.32. The highest BCUT2D eigenvalue weighted by Gasteiger charge is 2.20. The smallest absolute Gasteiger partial charge is 0.321 e. The molecule has 1 aliphatic rings. The highest BCUT2D eigenvalue weighted by Crippen LogP contribution is 2.20. The van der Waals surface area contributed by atoms with Crippen LogP contribution in [0.5, 0.6) is 0 Å². The largest absolute Gasteiger partial charge is 0.336 e. The number of nitrogens with zero attached hydrogens (tertiary/aromatic N) is 1. The zero-order chi connectivity index (χ0) is 16.2.